The molecule has 0 bridgehead atoms. The standard InChI is InChI=1S/C31H26F2N2O7S/c1-17-7-5-6-8-27(17)43(40,41)35-24(30(37)38)15-21-22(16-34(4)29(36)28(21)35)20-13-18(31(2,3)39)9-11-25(20)42-26-12-10-19(32)14-23(26)33/h5-16,39H,1-4H3,(H,37,38). The second-order valence-electron chi connectivity index (χ2n) is 10.5. The fourth-order valence-electron chi connectivity index (χ4n) is 4.83. The number of carbonyl (C=O) groups is 1. The highest BCUT2D eigenvalue weighted by molar-refractivity contribution is 7.90. The second-order valence-corrected chi connectivity index (χ2v) is 12.3. The molecule has 43 heavy (non-hydrogen) atoms. The molecule has 0 aliphatic heterocycles. The van der Waals surface area contributed by atoms with E-state index in [0.717, 1.165) is 22.8 Å². The van der Waals surface area contributed by atoms with Crippen LogP contribution in [0.2, 0.25) is 0 Å². The molecule has 0 unspecified atom stereocenters. The molecular formula is C31H26F2N2O7S. The minimum Gasteiger partial charge on any atom is -0.477 e. The van der Waals surface area contributed by atoms with Gasteiger partial charge in [0.15, 0.2) is 11.6 Å². The van der Waals surface area contributed by atoms with E-state index in [0.29, 0.717) is 21.2 Å². The quantitative estimate of drug-likeness (QED) is 0.248. The molecule has 2 heterocycles. The summed E-state index contributed by atoms with van der Waals surface area (Å²) < 4.78 is 63.5. The minimum atomic E-state index is -4.60. The molecule has 3 aromatic carbocycles. The van der Waals surface area contributed by atoms with Gasteiger partial charge in [-0.05, 0) is 68.3 Å². The Morgan fingerprint density at radius 3 is 2.26 bits per heavy atom. The van der Waals surface area contributed by atoms with Crippen LogP contribution in [0.15, 0.2) is 82.6 Å². The molecule has 0 saturated heterocycles. The van der Waals surface area contributed by atoms with Crippen molar-refractivity contribution < 1.29 is 36.9 Å². The molecule has 0 fully saturated rings. The third-order valence-electron chi connectivity index (χ3n) is 7.01. The molecule has 0 spiro atoms. The van der Waals surface area contributed by atoms with Gasteiger partial charge >= 0.3 is 5.97 Å². The SMILES string of the molecule is Cc1ccccc1S(=O)(=O)n1c(C(=O)O)cc2c(-c3cc(C(C)(C)O)ccc3Oc3ccc(F)cc3F)cn(C)c(=O)c21. The van der Waals surface area contributed by atoms with Crippen molar-refractivity contribution in [2.45, 2.75) is 31.3 Å². The van der Waals surface area contributed by atoms with Crippen molar-refractivity contribution in [2.24, 2.45) is 7.05 Å². The average Bonchev–Trinajstić information content (AvgIpc) is 3.34. The van der Waals surface area contributed by atoms with Gasteiger partial charge in [-0.25, -0.2) is 26.0 Å². The van der Waals surface area contributed by atoms with Gasteiger partial charge in [-0.1, -0.05) is 24.3 Å². The topological polar surface area (TPSA) is 128 Å². The lowest BCUT2D eigenvalue weighted by Crippen LogP contribution is -2.25. The van der Waals surface area contributed by atoms with Gasteiger partial charge in [0.05, 0.1) is 10.5 Å². The van der Waals surface area contributed by atoms with Gasteiger partial charge in [0.25, 0.3) is 15.6 Å². The Morgan fingerprint density at radius 2 is 1.63 bits per heavy atom. The summed E-state index contributed by atoms with van der Waals surface area (Å²) in [6.45, 7) is 4.59. The van der Waals surface area contributed by atoms with Crippen LogP contribution in [-0.2, 0) is 22.7 Å². The molecule has 5 aromatic rings. The normalized spacial score (nSPS) is 12.1. The maximum Gasteiger partial charge on any atom is 0.353 e. The average molecular weight is 609 g/mol. The van der Waals surface area contributed by atoms with E-state index < -0.39 is 50.0 Å². The van der Waals surface area contributed by atoms with Crippen LogP contribution in [0.4, 0.5) is 8.78 Å². The van der Waals surface area contributed by atoms with E-state index in [1.807, 2.05) is 0 Å². The Bertz CT molecular complexity index is 2110. The highest BCUT2D eigenvalue weighted by Crippen LogP contribution is 2.41. The summed E-state index contributed by atoms with van der Waals surface area (Å²) in [4.78, 5) is 25.8. The molecule has 0 amide bonds. The van der Waals surface area contributed by atoms with Crippen molar-refractivity contribution in [3.63, 3.8) is 0 Å². The first-order chi connectivity index (χ1) is 20.1. The van der Waals surface area contributed by atoms with Crippen LogP contribution in [0.1, 0.15) is 35.5 Å². The fourth-order valence-corrected chi connectivity index (χ4v) is 6.56. The number of ether oxygens (including phenoxy) is 1. The van der Waals surface area contributed by atoms with E-state index in [9.17, 15) is 37.0 Å². The van der Waals surface area contributed by atoms with Crippen LogP contribution in [0.25, 0.3) is 22.0 Å². The molecule has 9 nitrogen and oxygen atoms in total. The molecule has 222 valence electrons. The molecule has 0 aliphatic carbocycles. The number of carboxylic acid groups (broad SMARTS) is 1. The number of pyridine rings is 1. The van der Waals surface area contributed by atoms with Crippen LogP contribution in [0.3, 0.4) is 0 Å². The van der Waals surface area contributed by atoms with E-state index in [-0.39, 0.29) is 32.9 Å². The van der Waals surface area contributed by atoms with E-state index in [4.69, 9.17) is 4.74 Å². The summed E-state index contributed by atoms with van der Waals surface area (Å²) in [6, 6.07) is 14.2. The first kappa shape index (κ1) is 29.7. The second kappa shape index (κ2) is 10.5. The van der Waals surface area contributed by atoms with Crippen LogP contribution >= 0.6 is 0 Å². The van der Waals surface area contributed by atoms with Gasteiger partial charge in [-0.3, -0.25) is 4.79 Å². The zero-order valence-corrected chi connectivity index (χ0v) is 24.2. The number of benzene rings is 3. The maximum absolute atomic E-state index is 14.6. The Morgan fingerprint density at radius 1 is 0.953 bits per heavy atom. The van der Waals surface area contributed by atoms with Crippen molar-refractivity contribution in [3.05, 3.63) is 112 Å². The lowest BCUT2D eigenvalue weighted by molar-refractivity contribution is 0.0689. The summed E-state index contributed by atoms with van der Waals surface area (Å²) in [5.74, 6) is -3.74. The predicted molar refractivity (Wildman–Crippen MR) is 155 cm³/mol. The Labute approximate surface area is 244 Å². The first-order valence-electron chi connectivity index (χ1n) is 12.9. The molecule has 2 N–H and O–H groups in total. The fraction of sp³-hybridized carbons (Fsp3) is 0.161. The molecule has 0 atom stereocenters. The van der Waals surface area contributed by atoms with Crippen LogP contribution < -0.4 is 10.3 Å². The van der Waals surface area contributed by atoms with E-state index >= 15 is 0 Å². The molecular weight excluding hydrogens is 582 g/mol. The third kappa shape index (κ3) is 5.19. The number of hydrogen-bond donors (Lipinski definition) is 2. The van der Waals surface area contributed by atoms with Gasteiger partial charge in [-0.15, -0.1) is 0 Å². The highest BCUT2D eigenvalue weighted by atomic mass is 32.2. The maximum atomic E-state index is 14.6. The summed E-state index contributed by atoms with van der Waals surface area (Å²) in [5.41, 5.74) is -2.25. The number of hydrogen-bond acceptors (Lipinski definition) is 6. The van der Waals surface area contributed by atoms with E-state index in [1.165, 1.54) is 57.4 Å². The zero-order valence-electron chi connectivity index (χ0n) is 23.4. The van der Waals surface area contributed by atoms with Gasteiger partial charge in [-0.2, -0.15) is 0 Å². The molecule has 0 radical (unpaired) electrons. The molecule has 2 aromatic heterocycles. The number of carboxylic acids is 1. The summed E-state index contributed by atoms with van der Waals surface area (Å²) in [6.07, 6.45) is 1.36. The Kier molecular flexibility index (Phi) is 7.23. The monoisotopic (exact) mass is 608 g/mol. The van der Waals surface area contributed by atoms with Crippen LogP contribution in [0, 0.1) is 18.6 Å². The largest absolute Gasteiger partial charge is 0.477 e. The number of aromatic carboxylic acids is 1. The summed E-state index contributed by atoms with van der Waals surface area (Å²) in [7, 11) is -3.24. The number of nitrogens with zero attached hydrogens (tertiary/aromatic N) is 2. The predicted octanol–water partition coefficient (Wildman–Crippen LogP) is 5.55. The number of rotatable bonds is 7. The van der Waals surface area contributed by atoms with Crippen molar-refractivity contribution >= 4 is 26.9 Å². The first-order valence-corrected chi connectivity index (χ1v) is 14.3. The number of aliphatic hydroxyl groups is 1. The summed E-state index contributed by atoms with van der Waals surface area (Å²) in [5, 5.41) is 20.8. The van der Waals surface area contributed by atoms with Gasteiger partial charge < -0.3 is 19.5 Å². The highest BCUT2D eigenvalue weighted by Gasteiger charge is 2.31. The van der Waals surface area contributed by atoms with Crippen LogP contribution in [0.5, 0.6) is 11.5 Å². The van der Waals surface area contributed by atoms with Crippen molar-refractivity contribution in [3.8, 4) is 22.6 Å². The van der Waals surface area contributed by atoms with Crippen molar-refractivity contribution in [2.75, 3.05) is 0 Å². The van der Waals surface area contributed by atoms with Crippen LogP contribution in [-0.4, -0.2) is 33.1 Å². The lowest BCUT2D eigenvalue weighted by atomic mass is 9.93. The number of fused-ring (bicyclic) bond motifs is 1. The Hall–Kier alpha value is -4.81. The molecule has 0 saturated carbocycles. The smallest absolute Gasteiger partial charge is 0.353 e. The van der Waals surface area contributed by atoms with Crippen molar-refractivity contribution in [1.29, 1.82) is 0 Å². The minimum absolute atomic E-state index is 0.00448. The van der Waals surface area contributed by atoms with E-state index in [1.54, 1.807) is 19.1 Å². The van der Waals surface area contributed by atoms with E-state index in [2.05, 4.69) is 0 Å². The van der Waals surface area contributed by atoms with Gasteiger partial charge in [0.1, 0.15) is 22.8 Å². The summed E-state index contributed by atoms with van der Waals surface area (Å²) >= 11 is 0. The van der Waals surface area contributed by atoms with Crippen molar-refractivity contribution in [1.82, 2.24) is 8.54 Å². The number of halogens is 2. The molecule has 0 aliphatic rings. The van der Waals surface area contributed by atoms with Gasteiger partial charge in [0, 0.05) is 35.8 Å². The molecule has 5 rings (SSSR count). The zero-order chi connectivity index (χ0) is 31.4. The van der Waals surface area contributed by atoms with Gasteiger partial charge in [0.2, 0.25) is 0 Å². The third-order valence-corrected chi connectivity index (χ3v) is 8.89. The number of aromatic nitrogens is 2. The molecule has 12 heteroatoms. The number of aryl methyl sites for hydroxylation is 2. The lowest BCUT2D eigenvalue weighted by Gasteiger charge is -2.21. The Balaban J connectivity index is 1.88.